The smallest absolute Gasteiger partial charge is 0.251 e. The van der Waals surface area contributed by atoms with Crippen molar-refractivity contribution in [2.75, 3.05) is 0 Å². The first-order valence-corrected chi connectivity index (χ1v) is 8.62. The van der Waals surface area contributed by atoms with Crippen LogP contribution in [0.3, 0.4) is 0 Å². The molecule has 0 unspecified atom stereocenters. The highest BCUT2D eigenvalue weighted by atomic mass is 79.9. The summed E-state index contributed by atoms with van der Waals surface area (Å²) in [4.78, 5) is 12.2. The van der Waals surface area contributed by atoms with Crippen LogP contribution in [0.1, 0.15) is 15.9 Å². The Morgan fingerprint density at radius 1 is 1.09 bits per heavy atom. The quantitative estimate of drug-likeness (QED) is 0.678. The number of hydrogen-bond acceptors (Lipinski definition) is 2. The van der Waals surface area contributed by atoms with E-state index in [9.17, 15) is 4.79 Å². The zero-order chi connectivity index (χ0) is 15.4. The average Bonchev–Trinajstić information content (AvgIpc) is 3.07. The second-order valence-electron chi connectivity index (χ2n) is 4.86. The minimum Gasteiger partial charge on any atom is -0.348 e. The topological polar surface area (TPSA) is 29.1 Å². The summed E-state index contributed by atoms with van der Waals surface area (Å²) in [5.74, 6) is -0.0681. The van der Waals surface area contributed by atoms with E-state index in [4.69, 9.17) is 0 Å². The van der Waals surface area contributed by atoms with Crippen molar-refractivity contribution >= 4 is 33.2 Å². The molecule has 0 spiro atoms. The summed E-state index contributed by atoms with van der Waals surface area (Å²) in [7, 11) is 0. The van der Waals surface area contributed by atoms with Crippen LogP contribution in [0.15, 0.2) is 69.8 Å². The van der Waals surface area contributed by atoms with Gasteiger partial charge in [-0.25, -0.2) is 0 Å². The van der Waals surface area contributed by atoms with Crippen molar-refractivity contribution < 1.29 is 4.79 Å². The van der Waals surface area contributed by atoms with Crippen LogP contribution >= 0.6 is 27.3 Å². The summed E-state index contributed by atoms with van der Waals surface area (Å²) >= 11 is 5.06. The summed E-state index contributed by atoms with van der Waals surface area (Å²) in [6.45, 7) is 0.511. The van der Waals surface area contributed by atoms with Crippen LogP contribution in [0.2, 0.25) is 0 Å². The molecule has 2 nitrogen and oxygen atoms in total. The maximum atomic E-state index is 12.2. The second kappa shape index (κ2) is 6.90. The van der Waals surface area contributed by atoms with Crippen molar-refractivity contribution in [2.45, 2.75) is 6.54 Å². The lowest BCUT2D eigenvalue weighted by atomic mass is 10.0. The van der Waals surface area contributed by atoms with Gasteiger partial charge in [-0.05, 0) is 51.7 Å². The van der Waals surface area contributed by atoms with E-state index in [0.29, 0.717) is 12.1 Å². The van der Waals surface area contributed by atoms with Crippen molar-refractivity contribution in [1.82, 2.24) is 5.32 Å². The summed E-state index contributed by atoms with van der Waals surface area (Å²) in [5, 5.41) is 7.17. The Labute approximate surface area is 141 Å². The molecule has 0 fully saturated rings. The molecule has 4 heteroatoms. The molecule has 1 heterocycles. The normalized spacial score (nSPS) is 10.4. The molecule has 22 heavy (non-hydrogen) atoms. The predicted molar refractivity (Wildman–Crippen MR) is 95.1 cm³/mol. The van der Waals surface area contributed by atoms with Gasteiger partial charge in [-0.15, -0.1) is 0 Å². The maximum absolute atomic E-state index is 12.2. The number of carbonyl (C=O) groups excluding carboxylic acids is 1. The first-order valence-electron chi connectivity index (χ1n) is 6.88. The monoisotopic (exact) mass is 371 g/mol. The van der Waals surface area contributed by atoms with Gasteiger partial charge >= 0.3 is 0 Å². The number of amides is 1. The van der Waals surface area contributed by atoms with Crippen LogP contribution in [0.4, 0.5) is 0 Å². The molecular formula is C18H14BrNOS. The SMILES string of the molecule is O=C(NCc1ccccc1-c1ccsc1)c1cccc(Br)c1. The van der Waals surface area contributed by atoms with Crippen LogP contribution in [0.25, 0.3) is 11.1 Å². The standard InChI is InChI=1S/C18H14BrNOS/c19-16-6-3-5-13(10-16)18(21)20-11-14-4-1-2-7-17(14)15-8-9-22-12-15/h1-10,12H,11H2,(H,20,21). The lowest BCUT2D eigenvalue weighted by molar-refractivity contribution is 0.0951. The van der Waals surface area contributed by atoms with Gasteiger partial charge in [0, 0.05) is 16.6 Å². The number of rotatable bonds is 4. The Bertz CT molecular complexity index is 783. The number of halogens is 1. The first kappa shape index (κ1) is 15.0. The van der Waals surface area contributed by atoms with E-state index in [-0.39, 0.29) is 5.91 Å². The van der Waals surface area contributed by atoms with Crippen molar-refractivity contribution in [3.63, 3.8) is 0 Å². The fourth-order valence-electron chi connectivity index (χ4n) is 2.28. The summed E-state index contributed by atoms with van der Waals surface area (Å²) in [5.41, 5.74) is 4.13. The van der Waals surface area contributed by atoms with E-state index in [2.05, 4.69) is 44.1 Å². The Kier molecular flexibility index (Phi) is 4.71. The van der Waals surface area contributed by atoms with Gasteiger partial charge in [0.2, 0.25) is 0 Å². The molecule has 1 aromatic heterocycles. The lowest BCUT2D eigenvalue weighted by Crippen LogP contribution is -2.23. The molecular weight excluding hydrogens is 358 g/mol. The molecule has 0 saturated heterocycles. The summed E-state index contributed by atoms with van der Waals surface area (Å²) in [6.07, 6.45) is 0. The second-order valence-corrected chi connectivity index (χ2v) is 6.56. The molecule has 0 aliphatic carbocycles. The summed E-state index contributed by atoms with van der Waals surface area (Å²) in [6, 6.07) is 17.6. The van der Waals surface area contributed by atoms with E-state index in [0.717, 1.165) is 10.0 Å². The number of nitrogens with one attached hydrogen (secondary N) is 1. The van der Waals surface area contributed by atoms with Gasteiger partial charge in [0.15, 0.2) is 0 Å². The van der Waals surface area contributed by atoms with Crippen LogP contribution in [-0.2, 0) is 6.54 Å². The average molecular weight is 372 g/mol. The van der Waals surface area contributed by atoms with Crippen LogP contribution in [0.5, 0.6) is 0 Å². The number of benzene rings is 2. The number of thiophene rings is 1. The molecule has 0 aliphatic rings. The van der Waals surface area contributed by atoms with Crippen molar-refractivity contribution in [3.8, 4) is 11.1 Å². The van der Waals surface area contributed by atoms with E-state index in [1.165, 1.54) is 11.1 Å². The lowest BCUT2D eigenvalue weighted by Gasteiger charge is -2.10. The molecule has 1 amide bonds. The molecule has 0 atom stereocenters. The van der Waals surface area contributed by atoms with Crippen LogP contribution < -0.4 is 5.32 Å². The molecule has 2 aromatic carbocycles. The molecule has 0 aliphatic heterocycles. The van der Waals surface area contributed by atoms with E-state index in [1.54, 1.807) is 11.3 Å². The van der Waals surface area contributed by atoms with Gasteiger partial charge in [-0.1, -0.05) is 46.3 Å². The zero-order valence-electron chi connectivity index (χ0n) is 11.8. The highest BCUT2D eigenvalue weighted by Crippen LogP contribution is 2.25. The Hall–Kier alpha value is -1.91. The fraction of sp³-hybridized carbons (Fsp3) is 0.0556. The van der Waals surface area contributed by atoms with Crippen molar-refractivity contribution in [2.24, 2.45) is 0 Å². The molecule has 3 rings (SSSR count). The highest BCUT2D eigenvalue weighted by molar-refractivity contribution is 9.10. The van der Waals surface area contributed by atoms with Crippen LogP contribution in [0, 0.1) is 0 Å². The zero-order valence-corrected chi connectivity index (χ0v) is 14.2. The Balaban J connectivity index is 1.76. The van der Waals surface area contributed by atoms with Crippen molar-refractivity contribution in [3.05, 3.63) is 81.0 Å². The Morgan fingerprint density at radius 2 is 1.95 bits per heavy atom. The van der Waals surface area contributed by atoms with Gasteiger partial charge in [0.05, 0.1) is 0 Å². The predicted octanol–water partition coefficient (Wildman–Crippen LogP) is 5.11. The third kappa shape index (κ3) is 3.46. The van der Waals surface area contributed by atoms with Gasteiger partial charge in [-0.2, -0.15) is 11.3 Å². The minimum atomic E-state index is -0.0681. The van der Waals surface area contributed by atoms with Gasteiger partial charge < -0.3 is 5.32 Å². The Morgan fingerprint density at radius 3 is 2.73 bits per heavy atom. The highest BCUT2D eigenvalue weighted by Gasteiger charge is 2.08. The molecule has 0 radical (unpaired) electrons. The fourth-order valence-corrected chi connectivity index (χ4v) is 3.34. The van der Waals surface area contributed by atoms with Gasteiger partial charge in [0.1, 0.15) is 0 Å². The molecule has 3 aromatic rings. The van der Waals surface area contributed by atoms with Crippen LogP contribution in [-0.4, -0.2) is 5.91 Å². The molecule has 0 bridgehead atoms. The molecule has 1 N–H and O–H groups in total. The third-order valence-corrected chi connectivity index (χ3v) is 4.55. The largest absolute Gasteiger partial charge is 0.348 e. The third-order valence-electron chi connectivity index (χ3n) is 3.38. The maximum Gasteiger partial charge on any atom is 0.251 e. The van der Waals surface area contributed by atoms with E-state index >= 15 is 0 Å². The minimum absolute atomic E-state index is 0.0681. The molecule has 0 saturated carbocycles. The van der Waals surface area contributed by atoms with Gasteiger partial charge in [0.25, 0.3) is 5.91 Å². The van der Waals surface area contributed by atoms with E-state index in [1.807, 2.05) is 42.5 Å². The molecule has 110 valence electrons. The van der Waals surface area contributed by atoms with E-state index < -0.39 is 0 Å². The first-order chi connectivity index (χ1) is 10.7. The van der Waals surface area contributed by atoms with Crippen molar-refractivity contribution in [1.29, 1.82) is 0 Å². The van der Waals surface area contributed by atoms with Gasteiger partial charge in [-0.3, -0.25) is 4.79 Å². The number of hydrogen-bond donors (Lipinski definition) is 1. The number of carbonyl (C=O) groups is 1. The summed E-state index contributed by atoms with van der Waals surface area (Å²) < 4.78 is 0.902.